The van der Waals surface area contributed by atoms with Gasteiger partial charge in [0.25, 0.3) is 0 Å². The third-order valence-corrected chi connectivity index (χ3v) is 2.77. The van der Waals surface area contributed by atoms with Gasteiger partial charge in [-0.25, -0.2) is 9.59 Å². The largest absolute Gasteiger partial charge is 0.478 e. The van der Waals surface area contributed by atoms with E-state index in [4.69, 9.17) is 10.4 Å². The number of urea groups is 1. The summed E-state index contributed by atoms with van der Waals surface area (Å²) in [5.74, 6) is -0.845. The minimum Gasteiger partial charge on any atom is -0.478 e. The average Bonchev–Trinajstić information content (AvgIpc) is 2.43. The van der Waals surface area contributed by atoms with Crippen LogP contribution in [0.25, 0.3) is 0 Å². The number of carboxylic acid groups (broad SMARTS) is 1. The van der Waals surface area contributed by atoms with Gasteiger partial charge in [-0.3, -0.25) is 0 Å². The van der Waals surface area contributed by atoms with E-state index in [0.29, 0.717) is 13.1 Å². The summed E-state index contributed by atoms with van der Waals surface area (Å²) >= 11 is 0. The Hall–Kier alpha value is -2.55. The maximum atomic E-state index is 12.2. The molecule has 0 saturated heterocycles. The molecule has 2 N–H and O–H groups in total. The van der Waals surface area contributed by atoms with Crippen molar-refractivity contribution in [3.8, 4) is 6.07 Å². The number of para-hydroxylation sites is 1. The third kappa shape index (κ3) is 5.15. The third-order valence-electron chi connectivity index (χ3n) is 2.77. The summed E-state index contributed by atoms with van der Waals surface area (Å²) in [6.45, 7) is 4.76. The number of rotatable bonds is 6. The maximum absolute atomic E-state index is 12.2. The molecule has 0 saturated carbocycles. The first kappa shape index (κ1) is 16.5. The molecule has 6 nitrogen and oxygen atoms in total. The summed E-state index contributed by atoms with van der Waals surface area (Å²) in [5, 5.41) is 20.4. The van der Waals surface area contributed by atoms with Gasteiger partial charge in [-0.15, -0.1) is 0 Å². The van der Waals surface area contributed by atoms with E-state index in [1.165, 1.54) is 11.0 Å². The SMILES string of the molecule is CC(C)CN(CCC#N)C(=O)Nc1ccccc1C(=O)O. The Bertz CT molecular complexity index is 549. The molecule has 6 heteroatoms. The van der Waals surface area contributed by atoms with E-state index < -0.39 is 12.0 Å². The van der Waals surface area contributed by atoms with Crippen molar-refractivity contribution in [2.24, 2.45) is 5.92 Å². The highest BCUT2D eigenvalue weighted by Gasteiger charge is 2.17. The molecule has 1 rings (SSSR count). The molecular formula is C15H19N3O3. The monoisotopic (exact) mass is 289 g/mol. The van der Waals surface area contributed by atoms with Crippen LogP contribution >= 0.6 is 0 Å². The van der Waals surface area contributed by atoms with Crippen LogP contribution in [0.4, 0.5) is 10.5 Å². The van der Waals surface area contributed by atoms with Crippen molar-refractivity contribution >= 4 is 17.7 Å². The van der Waals surface area contributed by atoms with E-state index >= 15 is 0 Å². The highest BCUT2D eigenvalue weighted by molar-refractivity contribution is 5.99. The Balaban J connectivity index is 2.86. The predicted octanol–water partition coefficient (Wildman–Crippen LogP) is 2.79. The fourth-order valence-electron chi connectivity index (χ4n) is 1.87. The van der Waals surface area contributed by atoms with E-state index in [0.717, 1.165) is 0 Å². The topological polar surface area (TPSA) is 93.4 Å². The smallest absolute Gasteiger partial charge is 0.337 e. The summed E-state index contributed by atoms with van der Waals surface area (Å²) in [7, 11) is 0. The zero-order chi connectivity index (χ0) is 15.8. The molecule has 0 bridgehead atoms. The standard InChI is InChI=1S/C15H19N3O3/c1-11(2)10-18(9-5-8-16)15(21)17-13-7-4-3-6-12(13)14(19)20/h3-4,6-7,11H,5,9-10H2,1-2H3,(H,17,21)(H,19,20). The van der Waals surface area contributed by atoms with Gasteiger partial charge >= 0.3 is 12.0 Å². The quantitative estimate of drug-likeness (QED) is 0.842. The lowest BCUT2D eigenvalue weighted by atomic mass is 10.2. The van der Waals surface area contributed by atoms with E-state index in [1.54, 1.807) is 18.2 Å². The van der Waals surface area contributed by atoms with Crippen molar-refractivity contribution in [3.63, 3.8) is 0 Å². The van der Waals surface area contributed by atoms with Gasteiger partial charge in [-0.2, -0.15) is 5.26 Å². The predicted molar refractivity (Wildman–Crippen MR) is 79.1 cm³/mol. The molecule has 0 radical (unpaired) electrons. The maximum Gasteiger partial charge on any atom is 0.337 e. The van der Waals surface area contributed by atoms with Crippen LogP contribution in [-0.4, -0.2) is 35.1 Å². The second-order valence-electron chi connectivity index (χ2n) is 5.03. The first-order valence-electron chi connectivity index (χ1n) is 6.71. The number of carbonyl (C=O) groups excluding carboxylic acids is 1. The molecular weight excluding hydrogens is 270 g/mol. The Morgan fingerprint density at radius 1 is 1.38 bits per heavy atom. The molecule has 0 heterocycles. The molecule has 0 aliphatic rings. The zero-order valence-electron chi connectivity index (χ0n) is 12.2. The normalized spacial score (nSPS) is 10.0. The van der Waals surface area contributed by atoms with Gasteiger partial charge in [0, 0.05) is 13.1 Å². The Morgan fingerprint density at radius 3 is 2.62 bits per heavy atom. The number of hydrogen-bond donors (Lipinski definition) is 2. The Labute approximate surface area is 124 Å². The van der Waals surface area contributed by atoms with Crippen molar-refractivity contribution in [2.75, 3.05) is 18.4 Å². The van der Waals surface area contributed by atoms with Crippen LogP contribution in [0, 0.1) is 17.2 Å². The van der Waals surface area contributed by atoms with Crippen LogP contribution in [0.3, 0.4) is 0 Å². The Morgan fingerprint density at radius 2 is 2.05 bits per heavy atom. The fraction of sp³-hybridized carbons (Fsp3) is 0.400. The summed E-state index contributed by atoms with van der Waals surface area (Å²) in [5.41, 5.74) is 0.288. The number of aromatic carboxylic acids is 1. The van der Waals surface area contributed by atoms with Crippen LogP contribution in [-0.2, 0) is 0 Å². The van der Waals surface area contributed by atoms with Crippen LogP contribution in [0.2, 0.25) is 0 Å². The van der Waals surface area contributed by atoms with Crippen molar-refractivity contribution in [2.45, 2.75) is 20.3 Å². The van der Waals surface area contributed by atoms with Crippen molar-refractivity contribution in [1.82, 2.24) is 4.90 Å². The van der Waals surface area contributed by atoms with Gasteiger partial charge in [0.2, 0.25) is 0 Å². The van der Waals surface area contributed by atoms with E-state index in [2.05, 4.69) is 5.32 Å². The summed E-state index contributed by atoms with van der Waals surface area (Å²) in [6.07, 6.45) is 0.237. The molecule has 0 unspecified atom stereocenters. The fourth-order valence-corrected chi connectivity index (χ4v) is 1.87. The van der Waals surface area contributed by atoms with Crippen LogP contribution in [0.5, 0.6) is 0 Å². The first-order valence-corrected chi connectivity index (χ1v) is 6.71. The number of carbonyl (C=O) groups is 2. The highest BCUT2D eigenvalue weighted by Crippen LogP contribution is 2.16. The van der Waals surface area contributed by atoms with Crippen molar-refractivity contribution < 1.29 is 14.7 Å². The minimum atomic E-state index is -1.10. The van der Waals surface area contributed by atoms with E-state index in [9.17, 15) is 9.59 Å². The lowest BCUT2D eigenvalue weighted by Gasteiger charge is -2.24. The number of amides is 2. The van der Waals surface area contributed by atoms with Gasteiger partial charge in [-0.1, -0.05) is 26.0 Å². The number of nitriles is 1. The van der Waals surface area contributed by atoms with Gasteiger partial charge in [0.1, 0.15) is 0 Å². The van der Waals surface area contributed by atoms with Crippen LogP contribution in [0.15, 0.2) is 24.3 Å². The van der Waals surface area contributed by atoms with Gasteiger partial charge in [0.15, 0.2) is 0 Å². The summed E-state index contributed by atoms with van der Waals surface area (Å²) < 4.78 is 0. The van der Waals surface area contributed by atoms with Crippen LogP contribution in [0.1, 0.15) is 30.6 Å². The highest BCUT2D eigenvalue weighted by atomic mass is 16.4. The molecule has 0 atom stereocenters. The van der Waals surface area contributed by atoms with Gasteiger partial charge in [-0.05, 0) is 18.1 Å². The summed E-state index contributed by atoms with van der Waals surface area (Å²) in [4.78, 5) is 24.9. The van der Waals surface area contributed by atoms with Crippen LogP contribution < -0.4 is 5.32 Å². The lowest BCUT2D eigenvalue weighted by Crippen LogP contribution is -2.38. The molecule has 0 aliphatic carbocycles. The van der Waals surface area contributed by atoms with Crippen molar-refractivity contribution in [3.05, 3.63) is 29.8 Å². The molecule has 0 aromatic heterocycles. The van der Waals surface area contributed by atoms with Gasteiger partial charge in [0.05, 0.1) is 23.7 Å². The number of nitrogens with one attached hydrogen (secondary N) is 1. The second-order valence-corrected chi connectivity index (χ2v) is 5.03. The van der Waals surface area contributed by atoms with Gasteiger partial charge < -0.3 is 15.3 Å². The number of benzene rings is 1. The Kier molecular flexibility index (Phi) is 6.21. The molecule has 2 amide bonds. The second kappa shape index (κ2) is 7.90. The summed E-state index contributed by atoms with van der Waals surface area (Å²) in [6, 6.07) is 7.83. The minimum absolute atomic E-state index is 0.0376. The number of hydrogen-bond acceptors (Lipinski definition) is 3. The molecule has 1 aromatic carbocycles. The molecule has 21 heavy (non-hydrogen) atoms. The molecule has 0 fully saturated rings. The molecule has 1 aromatic rings. The molecule has 112 valence electrons. The molecule has 0 aliphatic heterocycles. The van der Waals surface area contributed by atoms with E-state index in [1.807, 2.05) is 19.9 Å². The number of anilines is 1. The molecule has 0 spiro atoms. The lowest BCUT2D eigenvalue weighted by molar-refractivity contribution is 0.0698. The zero-order valence-corrected chi connectivity index (χ0v) is 12.2. The average molecular weight is 289 g/mol. The first-order chi connectivity index (χ1) is 9.95. The number of nitrogens with zero attached hydrogens (tertiary/aromatic N) is 2. The van der Waals surface area contributed by atoms with E-state index in [-0.39, 0.29) is 23.6 Å². The van der Waals surface area contributed by atoms with Crippen molar-refractivity contribution in [1.29, 1.82) is 5.26 Å². The number of carboxylic acids is 1.